The Morgan fingerprint density at radius 1 is 1.12 bits per heavy atom. The molecule has 0 saturated heterocycles. The Morgan fingerprint density at radius 2 is 1.80 bits per heavy atom. The van der Waals surface area contributed by atoms with Crippen molar-refractivity contribution in [3.05, 3.63) is 53.1 Å². The molecule has 0 aliphatic heterocycles. The minimum absolute atomic E-state index is 0.0200. The molecular weight excluding hydrogens is 359 g/mol. The molecule has 4 nitrogen and oxygen atoms in total. The molecule has 0 aliphatic carbocycles. The fourth-order valence-electron chi connectivity index (χ4n) is 1.99. The van der Waals surface area contributed by atoms with Crippen LogP contribution in [0, 0.1) is 0 Å². The number of benzene rings is 2. The molecule has 134 valence electrons. The quantitative estimate of drug-likeness (QED) is 0.793. The van der Waals surface area contributed by atoms with Crippen molar-refractivity contribution in [3.8, 4) is 11.5 Å². The monoisotopic (exact) mass is 373 g/mol. The Morgan fingerprint density at radius 3 is 2.44 bits per heavy atom. The van der Waals surface area contributed by atoms with Crippen molar-refractivity contribution in [2.75, 3.05) is 18.5 Å². The first-order valence-electron chi connectivity index (χ1n) is 7.32. The minimum Gasteiger partial charge on any atom is -0.494 e. The van der Waals surface area contributed by atoms with Crippen LogP contribution in [0.25, 0.3) is 0 Å². The second-order valence-electron chi connectivity index (χ2n) is 4.94. The molecule has 0 spiro atoms. The average molecular weight is 374 g/mol. The molecule has 0 atom stereocenters. The van der Waals surface area contributed by atoms with Gasteiger partial charge in [0.25, 0.3) is 5.91 Å². The van der Waals surface area contributed by atoms with Crippen molar-refractivity contribution in [1.29, 1.82) is 0 Å². The lowest BCUT2D eigenvalue weighted by Gasteiger charge is -2.12. The zero-order chi connectivity index (χ0) is 18.4. The van der Waals surface area contributed by atoms with Crippen molar-refractivity contribution >= 4 is 23.2 Å². The van der Waals surface area contributed by atoms with Crippen LogP contribution in [0.4, 0.5) is 18.9 Å². The number of halogens is 4. The highest BCUT2D eigenvalue weighted by Crippen LogP contribution is 2.36. The van der Waals surface area contributed by atoms with Crippen molar-refractivity contribution in [2.45, 2.75) is 13.1 Å². The van der Waals surface area contributed by atoms with Gasteiger partial charge < -0.3 is 14.8 Å². The van der Waals surface area contributed by atoms with Gasteiger partial charge >= 0.3 is 6.18 Å². The van der Waals surface area contributed by atoms with Gasteiger partial charge in [-0.15, -0.1) is 0 Å². The van der Waals surface area contributed by atoms with E-state index >= 15 is 0 Å². The molecule has 0 radical (unpaired) electrons. The maximum absolute atomic E-state index is 12.8. The Balaban J connectivity index is 1.98. The van der Waals surface area contributed by atoms with Gasteiger partial charge in [-0.25, -0.2) is 0 Å². The molecule has 2 rings (SSSR count). The first-order chi connectivity index (χ1) is 11.8. The van der Waals surface area contributed by atoms with Crippen LogP contribution in [-0.2, 0) is 11.0 Å². The van der Waals surface area contributed by atoms with E-state index in [0.717, 1.165) is 12.1 Å². The maximum atomic E-state index is 12.8. The number of carbonyl (C=O) groups is 1. The molecule has 0 unspecified atom stereocenters. The highest BCUT2D eigenvalue weighted by molar-refractivity contribution is 6.31. The van der Waals surface area contributed by atoms with E-state index in [0.29, 0.717) is 18.1 Å². The first kappa shape index (κ1) is 18.9. The zero-order valence-electron chi connectivity index (χ0n) is 13.2. The second kappa shape index (κ2) is 8.11. The summed E-state index contributed by atoms with van der Waals surface area (Å²) >= 11 is 5.53. The van der Waals surface area contributed by atoms with Crippen molar-refractivity contribution in [3.63, 3.8) is 0 Å². The van der Waals surface area contributed by atoms with Crippen molar-refractivity contribution in [2.24, 2.45) is 0 Å². The van der Waals surface area contributed by atoms with Crippen LogP contribution in [0.5, 0.6) is 11.5 Å². The van der Waals surface area contributed by atoms with Gasteiger partial charge in [0.2, 0.25) is 0 Å². The third kappa shape index (κ3) is 5.56. The van der Waals surface area contributed by atoms with Crippen LogP contribution in [-0.4, -0.2) is 19.1 Å². The van der Waals surface area contributed by atoms with Gasteiger partial charge in [0.05, 0.1) is 17.2 Å². The molecular formula is C17H15ClF3NO3. The van der Waals surface area contributed by atoms with Crippen LogP contribution < -0.4 is 14.8 Å². The number of alkyl halides is 3. The number of amides is 1. The minimum atomic E-state index is -4.60. The van der Waals surface area contributed by atoms with E-state index in [4.69, 9.17) is 21.1 Å². The lowest BCUT2D eigenvalue weighted by atomic mass is 10.2. The van der Waals surface area contributed by atoms with Crippen LogP contribution in [0.3, 0.4) is 0 Å². The third-order valence-electron chi connectivity index (χ3n) is 3.04. The average Bonchev–Trinajstić information content (AvgIpc) is 2.54. The van der Waals surface area contributed by atoms with E-state index in [1.165, 1.54) is 6.07 Å². The number of anilines is 1. The van der Waals surface area contributed by atoms with Gasteiger partial charge in [-0.3, -0.25) is 4.79 Å². The van der Waals surface area contributed by atoms with Gasteiger partial charge in [-0.1, -0.05) is 17.7 Å². The number of hydrogen-bond donors (Lipinski definition) is 1. The first-order valence-corrected chi connectivity index (χ1v) is 7.69. The van der Waals surface area contributed by atoms with Gasteiger partial charge in [0, 0.05) is 11.8 Å². The Kier molecular flexibility index (Phi) is 6.14. The number of carbonyl (C=O) groups excluding carboxylic acids is 1. The summed E-state index contributed by atoms with van der Waals surface area (Å²) in [4.78, 5) is 11.9. The summed E-state index contributed by atoms with van der Waals surface area (Å²) in [5.74, 6) is 0.401. The summed E-state index contributed by atoms with van der Waals surface area (Å²) in [6.07, 6.45) is -4.60. The van der Waals surface area contributed by atoms with E-state index in [2.05, 4.69) is 5.32 Å². The second-order valence-corrected chi connectivity index (χ2v) is 5.34. The van der Waals surface area contributed by atoms with E-state index < -0.39 is 22.7 Å². The summed E-state index contributed by atoms with van der Waals surface area (Å²) in [7, 11) is 0. The highest BCUT2D eigenvalue weighted by Gasteiger charge is 2.33. The summed E-state index contributed by atoms with van der Waals surface area (Å²) in [5, 5.41) is 1.90. The van der Waals surface area contributed by atoms with Crippen molar-refractivity contribution < 1.29 is 27.4 Å². The molecule has 0 aromatic heterocycles. The molecule has 0 heterocycles. The number of nitrogens with one attached hydrogen (secondary N) is 1. The van der Waals surface area contributed by atoms with Crippen LogP contribution in [0.2, 0.25) is 5.02 Å². The summed E-state index contributed by atoms with van der Waals surface area (Å²) < 4.78 is 49.0. The van der Waals surface area contributed by atoms with Gasteiger partial charge in [0.1, 0.15) is 11.5 Å². The maximum Gasteiger partial charge on any atom is 0.417 e. The lowest BCUT2D eigenvalue weighted by molar-refractivity contribution is -0.137. The van der Waals surface area contributed by atoms with Gasteiger partial charge in [0.15, 0.2) is 6.61 Å². The summed E-state index contributed by atoms with van der Waals surface area (Å²) in [5.41, 5.74) is -1.04. The summed E-state index contributed by atoms with van der Waals surface area (Å²) in [6, 6.07) is 9.82. The molecule has 1 N–H and O–H groups in total. The normalized spacial score (nSPS) is 11.1. The summed E-state index contributed by atoms with van der Waals surface area (Å²) in [6.45, 7) is 1.96. The smallest absolute Gasteiger partial charge is 0.417 e. The molecule has 0 fully saturated rings. The largest absolute Gasteiger partial charge is 0.494 e. The zero-order valence-corrected chi connectivity index (χ0v) is 13.9. The lowest BCUT2D eigenvalue weighted by Crippen LogP contribution is -2.20. The third-order valence-corrected chi connectivity index (χ3v) is 3.37. The number of rotatable bonds is 6. The Labute approximate surface area is 147 Å². The highest BCUT2D eigenvalue weighted by atomic mass is 35.5. The fraction of sp³-hybridized carbons (Fsp3) is 0.235. The van der Waals surface area contributed by atoms with E-state index in [-0.39, 0.29) is 12.3 Å². The predicted molar refractivity (Wildman–Crippen MR) is 88.2 cm³/mol. The topological polar surface area (TPSA) is 47.6 Å². The van der Waals surface area contributed by atoms with Crippen LogP contribution >= 0.6 is 11.6 Å². The SMILES string of the molecule is CCOc1cccc(OCC(=O)Nc2ccc(Cl)c(C(F)(F)F)c2)c1. The molecule has 25 heavy (non-hydrogen) atoms. The fourth-order valence-corrected chi connectivity index (χ4v) is 2.21. The Hall–Kier alpha value is -2.41. The van der Waals surface area contributed by atoms with E-state index in [1.807, 2.05) is 6.92 Å². The van der Waals surface area contributed by atoms with Crippen molar-refractivity contribution in [1.82, 2.24) is 0 Å². The van der Waals surface area contributed by atoms with Gasteiger partial charge in [-0.05, 0) is 37.3 Å². The molecule has 8 heteroatoms. The van der Waals surface area contributed by atoms with Crippen LogP contribution in [0.1, 0.15) is 12.5 Å². The number of hydrogen-bond acceptors (Lipinski definition) is 3. The van der Waals surface area contributed by atoms with Gasteiger partial charge in [-0.2, -0.15) is 13.2 Å². The predicted octanol–water partition coefficient (Wildman–Crippen LogP) is 4.78. The molecule has 2 aromatic carbocycles. The van der Waals surface area contributed by atoms with E-state index in [1.54, 1.807) is 24.3 Å². The molecule has 1 amide bonds. The molecule has 0 saturated carbocycles. The molecule has 0 aliphatic rings. The van der Waals surface area contributed by atoms with E-state index in [9.17, 15) is 18.0 Å². The Bertz CT molecular complexity index is 750. The number of ether oxygens (including phenoxy) is 2. The van der Waals surface area contributed by atoms with Crippen LogP contribution in [0.15, 0.2) is 42.5 Å². The molecule has 2 aromatic rings. The molecule has 0 bridgehead atoms. The standard InChI is InChI=1S/C17H15ClF3NO3/c1-2-24-12-4-3-5-13(9-12)25-10-16(23)22-11-6-7-15(18)14(8-11)17(19,20)21/h3-9H,2,10H2,1H3,(H,22,23).